The minimum atomic E-state index is -0.227. The van der Waals surface area contributed by atoms with Crippen LogP contribution in [0.25, 0.3) is 16.7 Å². The molecular formula is C17H16FN3. The summed E-state index contributed by atoms with van der Waals surface area (Å²) >= 11 is 0. The van der Waals surface area contributed by atoms with E-state index in [2.05, 4.69) is 4.57 Å². The van der Waals surface area contributed by atoms with Crippen molar-refractivity contribution in [1.29, 1.82) is 0 Å². The first-order valence-electron chi connectivity index (χ1n) is 7.18. The van der Waals surface area contributed by atoms with Crippen molar-refractivity contribution in [1.82, 2.24) is 9.55 Å². The molecule has 0 atom stereocenters. The highest BCUT2D eigenvalue weighted by molar-refractivity contribution is 5.82. The van der Waals surface area contributed by atoms with Crippen molar-refractivity contribution in [2.24, 2.45) is 0 Å². The number of aryl methyl sites for hydroxylation is 1. The van der Waals surface area contributed by atoms with E-state index in [4.69, 9.17) is 10.7 Å². The van der Waals surface area contributed by atoms with Gasteiger partial charge in [-0.2, -0.15) is 0 Å². The molecule has 0 bridgehead atoms. The zero-order valence-electron chi connectivity index (χ0n) is 11.8. The molecule has 0 amide bonds. The van der Waals surface area contributed by atoms with Crippen LogP contribution in [0.4, 0.5) is 10.1 Å². The Morgan fingerprint density at radius 2 is 2.00 bits per heavy atom. The Balaban J connectivity index is 2.06. The Morgan fingerprint density at radius 1 is 1.19 bits per heavy atom. The first kappa shape index (κ1) is 12.4. The second-order valence-corrected chi connectivity index (χ2v) is 5.76. The molecule has 21 heavy (non-hydrogen) atoms. The fraction of sp³-hybridized carbons (Fsp3) is 0.235. The van der Waals surface area contributed by atoms with E-state index >= 15 is 0 Å². The van der Waals surface area contributed by atoms with Crippen molar-refractivity contribution >= 4 is 16.7 Å². The van der Waals surface area contributed by atoms with E-state index in [9.17, 15) is 4.39 Å². The van der Waals surface area contributed by atoms with Gasteiger partial charge in [0, 0.05) is 11.6 Å². The number of hydrogen-bond donors (Lipinski definition) is 1. The van der Waals surface area contributed by atoms with Gasteiger partial charge in [0.1, 0.15) is 11.6 Å². The fourth-order valence-corrected chi connectivity index (χ4v) is 2.81. The number of nitrogen functional groups attached to an aromatic ring is 1. The molecule has 4 rings (SSSR count). The van der Waals surface area contributed by atoms with Crippen molar-refractivity contribution in [3.63, 3.8) is 0 Å². The van der Waals surface area contributed by atoms with Gasteiger partial charge in [0.15, 0.2) is 0 Å². The molecule has 0 unspecified atom stereocenters. The molecule has 1 saturated carbocycles. The van der Waals surface area contributed by atoms with Crippen LogP contribution in [0, 0.1) is 12.7 Å². The van der Waals surface area contributed by atoms with E-state index in [1.807, 2.05) is 31.2 Å². The molecule has 0 radical (unpaired) electrons. The predicted molar refractivity (Wildman–Crippen MR) is 82.2 cm³/mol. The molecule has 1 fully saturated rings. The van der Waals surface area contributed by atoms with Crippen molar-refractivity contribution in [2.75, 3.05) is 5.73 Å². The first-order chi connectivity index (χ1) is 10.1. The van der Waals surface area contributed by atoms with Gasteiger partial charge in [0.2, 0.25) is 0 Å². The Kier molecular flexibility index (Phi) is 2.55. The van der Waals surface area contributed by atoms with Gasteiger partial charge in [-0.15, -0.1) is 0 Å². The summed E-state index contributed by atoms with van der Waals surface area (Å²) in [6.07, 6.45) is 2.29. The number of hydrogen-bond acceptors (Lipinski definition) is 2. The molecule has 2 aromatic carbocycles. The van der Waals surface area contributed by atoms with Crippen LogP contribution in [0.3, 0.4) is 0 Å². The number of benzene rings is 2. The SMILES string of the molecule is Cc1ccc(F)cc1-n1c(C2CC2)nc2cc(N)ccc21. The second-order valence-electron chi connectivity index (χ2n) is 5.76. The molecule has 3 aromatic rings. The standard InChI is InChI=1S/C17H16FN3/c1-10-2-5-12(18)8-16(10)21-15-7-6-13(19)9-14(15)20-17(21)11-3-4-11/h2,5-9,11H,3-4,19H2,1H3. The molecule has 106 valence electrons. The highest BCUT2D eigenvalue weighted by atomic mass is 19.1. The van der Waals surface area contributed by atoms with Crippen LogP contribution in [0.2, 0.25) is 0 Å². The number of nitrogens with two attached hydrogens (primary N) is 1. The molecule has 1 aliphatic carbocycles. The maximum absolute atomic E-state index is 13.7. The van der Waals surface area contributed by atoms with Crippen LogP contribution < -0.4 is 5.73 Å². The smallest absolute Gasteiger partial charge is 0.125 e. The van der Waals surface area contributed by atoms with Crippen LogP contribution in [0.15, 0.2) is 36.4 Å². The van der Waals surface area contributed by atoms with Crippen LogP contribution in [0.1, 0.15) is 30.1 Å². The van der Waals surface area contributed by atoms with Crippen molar-refractivity contribution in [3.8, 4) is 5.69 Å². The molecule has 0 saturated heterocycles. The number of anilines is 1. The fourth-order valence-electron chi connectivity index (χ4n) is 2.81. The van der Waals surface area contributed by atoms with Crippen molar-refractivity contribution < 1.29 is 4.39 Å². The Morgan fingerprint density at radius 3 is 2.76 bits per heavy atom. The number of aromatic nitrogens is 2. The lowest BCUT2D eigenvalue weighted by atomic mass is 10.1. The quantitative estimate of drug-likeness (QED) is 0.723. The lowest BCUT2D eigenvalue weighted by Gasteiger charge is -2.12. The Hall–Kier alpha value is -2.36. The van der Waals surface area contributed by atoms with Crippen LogP contribution >= 0.6 is 0 Å². The van der Waals surface area contributed by atoms with E-state index in [-0.39, 0.29) is 5.82 Å². The third kappa shape index (κ3) is 1.98. The average Bonchev–Trinajstić information content (AvgIpc) is 3.23. The zero-order chi connectivity index (χ0) is 14.6. The summed E-state index contributed by atoms with van der Waals surface area (Å²) in [6.45, 7) is 1.99. The van der Waals surface area contributed by atoms with Gasteiger partial charge in [-0.1, -0.05) is 6.07 Å². The topological polar surface area (TPSA) is 43.8 Å². The van der Waals surface area contributed by atoms with Gasteiger partial charge in [-0.3, -0.25) is 4.57 Å². The highest BCUT2D eigenvalue weighted by Crippen LogP contribution is 2.42. The summed E-state index contributed by atoms with van der Waals surface area (Å²) in [6, 6.07) is 10.6. The minimum Gasteiger partial charge on any atom is -0.399 e. The van der Waals surface area contributed by atoms with E-state index in [1.54, 1.807) is 6.07 Å². The van der Waals surface area contributed by atoms with Crippen LogP contribution in [0.5, 0.6) is 0 Å². The molecule has 3 nitrogen and oxygen atoms in total. The van der Waals surface area contributed by atoms with Gasteiger partial charge >= 0.3 is 0 Å². The molecule has 1 aromatic heterocycles. The molecule has 2 N–H and O–H groups in total. The van der Waals surface area contributed by atoms with Gasteiger partial charge in [0.25, 0.3) is 0 Å². The first-order valence-corrected chi connectivity index (χ1v) is 7.18. The third-order valence-corrected chi connectivity index (χ3v) is 4.06. The largest absolute Gasteiger partial charge is 0.399 e. The number of fused-ring (bicyclic) bond motifs is 1. The molecule has 0 aliphatic heterocycles. The van der Waals surface area contributed by atoms with E-state index < -0.39 is 0 Å². The number of nitrogens with zero attached hydrogens (tertiary/aromatic N) is 2. The molecule has 1 aliphatic rings. The van der Waals surface area contributed by atoms with Crippen LogP contribution in [-0.2, 0) is 0 Å². The molecule has 0 spiro atoms. The summed E-state index contributed by atoms with van der Waals surface area (Å²) in [5.74, 6) is 1.26. The van der Waals surface area contributed by atoms with Gasteiger partial charge in [0.05, 0.1) is 16.7 Å². The molecule has 4 heteroatoms. The zero-order valence-corrected chi connectivity index (χ0v) is 11.8. The normalized spacial score (nSPS) is 14.8. The summed E-state index contributed by atoms with van der Waals surface area (Å²) < 4.78 is 15.8. The van der Waals surface area contributed by atoms with Gasteiger partial charge in [-0.05, 0) is 55.7 Å². The van der Waals surface area contributed by atoms with E-state index in [0.717, 1.165) is 41.0 Å². The van der Waals surface area contributed by atoms with E-state index in [1.165, 1.54) is 6.07 Å². The summed E-state index contributed by atoms with van der Waals surface area (Å²) in [7, 11) is 0. The summed E-state index contributed by atoms with van der Waals surface area (Å²) in [5, 5.41) is 0. The maximum Gasteiger partial charge on any atom is 0.125 e. The lowest BCUT2D eigenvalue weighted by Crippen LogP contribution is -2.02. The number of imidazole rings is 1. The van der Waals surface area contributed by atoms with Crippen molar-refractivity contribution in [3.05, 3.63) is 53.6 Å². The average molecular weight is 281 g/mol. The predicted octanol–water partition coefficient (Wildman–Crippen LogP) is 3.93. The Bertz CT molecular complexity index is 847. The number of rotatable bonds is 2. The van der Waals surface area contributed by atoms with E-state index in [0.29, 0.717) is 11.6 Å². The Labute approximate surface area is 122 Å². The minimum absolute atomic E-state index is 0.227. The monoisotopic (exact) mass is 281 g/mol. The number of halogens is 1. The highest BCUT2D eigenvalue weighted by Gasteiger charge is 2.30. The van der Waals surface area contributed by atoms with Crippen LogP contribution in [-0.4, -0.2) is 9.55 Å². The van der Waals surface area contributed by atoms with Gasteiger partial charge < -0.3 is 5.73 Å². The summed E-state index contributed by atoms with van der Waals surface area (Å²) in [5.41, 5.74) is 10.3. The van der Waals surface area contributed by atoms with Crippen molar-refractivity contribution in [2.45, 2.75) is 25.7 Å². The molecule has 1 heterocycles. The summed E-state index contributed by atoms with van der Waals surface area (Å²) in [4.78, 5) is 4.74. The maximum atomic E-state index is 13.7. The van der Waals surface area contributed by atoms with Gasteiger partial charge in [-0.25, -0.2) is 9.37 Å². The lowest BCUT2D eigenvalue weighted by molar-refractivity contribution is 0.626. The molecular weight excluding hydrogens is 265 g/mol. The third-order valence-electron chi connectivity index (χ3n) is 4.06. The second kappa shape index (κ2) is 4.32.